The third-order valence-electron chi connectivity index (χ3n) is 4.68. The Balaban J connectivity index is 1.58. The van der Waals surface area contributed by atoms with Gasteiger partial charge in [-0.1, -0.05) is 18.2 Å². The number of benzene rings is 1. The average Bonchev–Trinajstić information content (AvgIpc) is 3.23. The van der Waals surface area contributed by atoms with Crippen LogP contribution in [-0.4, -0.2) is 49.2 Å². The molecule has 6 heteroatoms. The Morgan fingerprint density at radius 1 is 1.32 bits per heavy atom. The number of aromatic nitrogens is 1. The molecule has 1 aromatic carbocycles. The van der Waals surface area contributed by atoms with Crippen molar-refractivity contribution in [2.75, 3.05) is 33.4 Å². The maximum atomic E-state index is 5.87. The molecule has 0 bridgehead atoms. The van der Waals surface area contributed by atoms with Gasteiger partial charge in [0.2, 0.25) is 0 Å². The van der Waals surface area contributed by atoms with Crippen LogP contribution in [-0.2, 0) is 17.9 Å². The number of hydrogen-bond acceptors (Lipinski definition) is 4. The third kappa shape index (κ3) is 6.23. The second-order valence-electron chi connectivity index (χ2n) is 7.04. The summed E-state index contributed by atoms with van der Waals surface area (Å²) < 4.78 is 11.4. The summed E-state index contributed by atoms with van der Waals surface area (Å²) in [6.07, 6.45) is 2.90. The Morgan fingerprint density at radius 2 is 2.25 bits per heavy atom. The number of aliphatic imine (C=N–C) groups is 1. The summed E-state index contributed by atoms with van der Waals surface area (Å²) in [5, 5.41) is 3.38. The van der Waals surface area contributed by atoms with E-state index in [1.54, 1.807) is 6.20 Å². The van der Waals surface area contributed by atoms with Crippen molar-refractivity contribution < 1.29 is 9.47 Å². The normalized spacial score (nSPS) is 16.8. The van der Waals surface area contributed by atoms with Gasteiger partial charge in [-0.25, -0.2) is 4.99 Å². The fraction of sp³-hybridized carbons (Fsp3) is 0.455. The van der Waals surface area contributed by atoms with Gasteiger partial charge in [0.1, 0.15) is 12.4 Å². The van der Waals surface area contributed by atoms with Crippen LogP contribution in [0.1, 0.15) is 24.6 Å². The van der Waals surface area contributed by atoms with Crippen molar-refractivity contribution >= 4 is 5.96 Å². The first-order chi connectivity index (χ1) is 13.7. The lowest BCUT2D eigenvalue weighted by Gasteiger charge is -2.24. The molecule has 1 aromatic heterocycles. The van der Waals surface area contributed by atoms with Gasteiger partial charge in [0.15, 0.2) is 5.96 Å². The Kier molecular flexibility index (Phi) is 7.67. The molecule has 3 rings (SSSR count). The Bertz CT molecular complexity index is 745. The zero-order valence-corrected chi connectivity index (χ0v) is 16.8. The van der Waals surface area contributed by atoms with Crippen molar-refractivity contribution in [2.45, 2.75) is 26.5 Å². The highest BCUT2D eigenvalue weighted by Gasteiger charge is 2.19. The number of ether oxygens (including phenoxy) is 2. The Labute approximate surface area is 167 Å². The van der Waals surface area contributed by atoms with E-state index >= 15 is 0 Å². The fourth-order valence-corrected chi connectivity index (χ4v) is 3.21. The minimum Gasteiger partial charge on any atom is -0.487 e. The minimum absolute atomic E-state index is 0.461. The van der Waals surface area contributed by atoms with Crippen molar-refractivity contribution in [3.8, 4) is 5.75 Å². The van der Waals surface area contributed by atoms with Gasteiger partial charge in [-0.3, -0.25) is 4.98 Å². The number of rotatable bonds is 8. The molecule has 2 heterocycles. The molecule has 1 aliphatic heterocycles. The summed E-state index contributed by atoms with van der Waals surface area (Å²) in [5.41, 5.74) is 2.03. The smallest absolute Gasteiger partial charge is 0.193 e. The first-order valence-electron chi connectivity index (χ1n) is 9.93. The summed E-state index contributed by atoms with van der Waals surface area (Å²) in [7, 11) is 2.09. The number of hydrogen-bond donors (Lipinski definition) is 1. The second kappa shape index (κ2) is 10.7. The van der Waals surface area contributed by atoms with E-state index < -0.39 is 0 Å². The first-order valence-corrected chi connectivity index (χ1v) is 9.93. The summed E-state index contributed by atoms with van der Waals surface area (Å²) in [6, 6.07) is 13.9. The van der Waals surface area contributed by atoms with E-state index in [1.165, 1.54) is 0 Å². The molecule has 2 aromatic rings. The monoisotopic (exact) mass is 382 g/mol. The number of nitrogens with zero attached hydrogens (tertiary/aromatic N) is 3. The van der Waals surface area contributed by atoms with Gasteiger partial charge in [0, 0.05) is 38.9 Å². The molecule has 0 amide bonds. The SMILES string of the molecule is CCNC(=NCc1cccc(OCc2ccccn2)c1)N(C)CC1CCOC1. The quantitative estimate of drug-likeness (QED) is 0.562. The third-order valence-corrected chi connectivity index (χ3v) is 4.68. The van der Waals surface area contributed by atoms with E-state index in [2.05, 4.69) is 35.2 Å². The lowest BCUT2D eigenvalue weighted by molar-refractivity contribution is 0.181. The van der Waals surface area contributed by atoms with Crippen LogP contribution in [0.25, 0.3) is 0 Å². The topological polar surface area (TPSA) is 59.0 Å². The van der Waals surface area contributed by atoms with E-state index in [4.69, 9.17) is 14.5 Å². The average molecular weight is 383 g/mol. The van der Waals surface area contributed by atoms with Crippen LogP contribution in [0.5, 0.6) is 5.75 Å². The number of guanidine groups is 1. The predicted octanol–water partition coefficient (Wildman–Crippen LogP) is 3.09. The standard InChI is InChI=1S/C22H30N4O2/c1-3-23-22(26(2)15-19-10-12-27-16-19)25-14-18-7-6-9-21(13-18)28-17-20-8-4-5-11-24-20/h4-9,11,13,19H,3,10,12,14-17H2,1-2H3,(H,23,25). The van der Waals surface area contributed by atoms with Crippen LogP contribution in [0.3, 0.4) is 0 Å². The number of pyridine rings is 1. The lowest BCUT2D eigenvalue weighted by Crippen LogP contribution is -2.41. The zero-order valence-electron chi connectivity index (χ0n) is 16.8. The van der Waals surface area contributed by atoms with E-state index in [9.17, 15) is 0 Å². The van der Waals surface area contributed by atoms with Crippen molar-refractivity contribution in [3.63, 3.8) is 0 Å². The zero-order chi connectivity index (χ0) is 19.6. The second-order valence-corrected chi connectivity index (χ2v) is 7.04. The van der Waals surface area contributed by atoms with Crippen molar-refractivity contribution in [1.82, 2.24) is 15.2 Å². The highest BCUT2D eigenvalue weighted by atomic mass is 16.5. The van der Waals surface area contributed by atoms with Crippen LogP contribution < -0.4 is 10.1 Å². The molecular weight excluding hydrogens is 352 g/mol. The first kappa shape index (κ1) is 20.1. The molecule has 1 aliphatic rings. The van der Waals surface area contributed by atoms with Crippen LogP contribution in [0.2, 0.25) is 0 Å². The lowest BCUT2D eigenvalue weighted by atomic mass is 10.1. The fourth-order valence-electron chi connectivity index (χ4n) is 3.21. The summed E-state index contributed by atoms with van der Waals surface area (Å²) >= 11 is 0. The molecule has 0 saturated carbocycles. The highest BCUT2D eigenvalue weighted by Crippen LogP contribution is 2.16. The molecule has 1 atom stereocenters. The summed E-state index contributed by atoms with van der Waals surface area (Å²) in [5.74, 6) is 2.34. The van der Waals surface area contributed by atoms with Gasteiger partial charge in [-0.05, 0) is 43.2 Å². The predicted molar refractivity (Wildman–Crippen MR) is 111 cm³/mol. The van der Waals surface area contributed by atoms with E-state index in [1.807, 2.05) is 36.4 Å². The van der Waals surface area contributed by atoms with Crippen molar-refractivity contribution in [2.24, 2.45) is 10.9 Å². The summed E-state index contributed by atoms with van der Waals surface area (Å²) in [4.78, 5) is 11.3. The van der Waals surface area contributed by atoms with Gasteiger partial charge in [-0.15, -0.1) is 0 Å². The molecule has 0 spiro atoms. The van der Waals surface area contributed by atoms with Gasteiger partial charge in [-0.2, -0.15) is 0 Å². The molecule has 150 valence electrons. The molecule has 6 nitrogen and oxygen atoms in total. The maximum absolute atomic E-state index is 5.87. The van der Waals surface area contributed by atoms with Crippen molar-refractivity contribution in [3.05, 3.63) is 59.9 Å². The van der Waals surface area contributed by atoms with Gasteiger partial charge < -0.3 is 19.7 Å². The highest BCUT2D eigenvalue weighted by molar-refractivity contribution is 5.79. The largest absolute Gasteiger partial charge is 0.487 e. The van der Waals surface area contributed by atoms with Crippen LogP contribution in [0.4, 0.5) is 0 Å². The Morgan fingerprint density at radius 3 is 3.00 bits per heavy atom. The maximum Gasteiger partial charge on any atom is 0.193 e. The van der Waals surface area contributed by atoms with Crippen LogP contribution in [0, 0.1) is 5.92 Å². The van der Waals surface area contributed by atoms with Crippen LogP contribution in [0.15, 0.2) is 53.7 Å². The van der Waals surface area contributed by atoms with E-state index in [0.29, 0.717) is 19.1 Å². The van der Waals surface area contributed by atoms with Gasteiger partial charge in [0.25, 0.3) is 0 Å². The number of nitrogens with one attached hydrogen (secondary N) is 1. The van der Waals surface area contributed by atoms with Gasteiger partial charge >= 0.3 is 0 Å². The molecule has 0 radical (unpaired) electrons. The van der Waals surface area contributed by atoms with E-state index in [0.717, 1.165) is 55.7 Å². The molecule has 0 aliphatic carbocycles. The minimum atomic E-state index is 0.461. The molecule has 1 N–H and O–H groups in total. The molecule has 1 saturated heterocycles. The van der Waals surface area contributed by atoms with Crippen molar-refractivity contribution in [1.29, 1.82) is 0 Å². The van der Waals surface area contributed by atoms with Crippen LogP contribution >= 0.6 is 0 Å². The Hall–Kier alpha value is -2.60. The van der Waals surface area contributed by atoms with Gasteiger partial charge in [0.05, 0.1) is 18.8 Å². The molecule has 28 heavy (non-hydrogen) atoms. The summed E-state index contributed by atoms with van der Waals surface area (Å²) in [6.45, 7) is 6.68. The van der Waals surface area contributed by atoms with E-state index in [-0.39, 0.29) is 0 Å². The molecule has 1 fully saturated rings. The molecular formula is C22H30N4O2. The molecule has 1 unspecified atom stereocenters.